The van der Waals surface area contributed by atoms with Crippen LogP contribution in [0.3, 0.4) is 0 Å². The van der Waals surface area contributed by atoms with Gasteiger partial charge in [0.05, 0.1) is 4.88 Å². The van der Waals surface area contributed by atoms with Crippen molar-refractivity contribution in [2.45, 2.75) is 13.0 Å². The van der Waals surface area contributed by atoms with Gasteiger partial charge < -0.3 is 4.90 Å². The van der Waals surface area contributed by atoms with Crippen LogP contribution in [0.25, 0.3) is 10.4 Å². The Balaban J connectivity index is 1.47. The maximum atomic E-state index is 13.1. The van der Waals surface area contributed by atoms with Crippen molar-refractivity contribution in [2.75, 3.05) is 6.54 Å². The summed E-state index contributed by atoms with van der Waals surface area (Å²) in [7, 11) is 0. The predicted molar refractivity (Wildman–Crippen MR) is 139 cm³/mol. The van der Waals surface area contributed by atoms with Gasteiger partial charge in [0.2, 0.25) is 0 Å². The van der Waals surface area contributed by atoms with Crippen LogP contribution in [0.5, 0.6) is 0 Å². The smallest absolute Gasteiger partial charge is 0.320 e. The zero-order chi connectivity index (χ0) is 25.3. The first kappa shape index (κ1) is 24.8. The highest BCUT2D eigenvalue weighted by molar-refractivity contribution is 7.17. The number of nitrogens with one attached hydrogen (secondary N) is 2. The molecule has 7 nitrogen and oxygen atoms in total. The van der Waals surface area contributed by atoms with Crippen LogP contribution >= 0.6 is 11.3 Å². The van der Waals surface area contributed by atoms with Gasteiger partial charge in [-0.2, -0.15) is 0 Å². The molecule has 3 aromatic carbocycles. The van der Waals surface area contributed by atoms with Crippen LogP contribution < -0.4 is 10.8 Å². The lowest BCUT2D eigenvalue weighted by Gasteiger charge is -2.23. The number of hydroxylamine groups is 1. The fraction of sp³-hybridized carbons (Fsp3) is 0.107. The Bertz CT molecular complexity index is 1320. The fourth-order valence-corrected chi connectivity index (χ4v) is 4.57. The second-order valence-electron chi connectivity index (χ2n) is 8.08. The van der Waals surface area contributed by atoms with Gasteiger partial charge in [-0.1, -0.05) is 72.8 Å². The maximum absolute atomic E-state index is 13.1. The third-order valence-corrected chi connectivity index (χ3v) is 6.73. The number of amides is 4. The van der Waals surface area contributed by atoms with Crippen molar-refractivity contribution < 1.29 is 19.6 Å². The Morgan fingerprint density at radius 1 is 0.750 bits per heavy atom. The Kier molecular flexibility index (Phi) is 8.23. The molecule has 3 N–H and O–H groups in total. The van der Waals surface area contributed by atoms with E-state index in [0.29, 0.717) is 30.0 Å². The van der Waals surface area contributed by atoms with E-state index in [2.05, 4.69) is 5.32 Å². The molecule has 0 aliphatic heterocycles. The number of hydrogen-bond acceptors (Lipinski definition) is 5. The molecule has 1 aromatic heterocycles. The molecule has 0 fully saturated rings. The van der Waals surface area contributed by atoms with E-state index < -0.39 is 17.8 Å². The minimum atomic E-state index is -0.548. The highest BCUT2D eigenvalue weighted by Gasteiger charge is 2.18. The fourth-order valence-electron chi connectivity index (χ4n) is 3.66. The average molecular weight is 500 g/mol. The SMILES string of the molecule is O=C(NC(=O)N(CCc1ccccc1)Cc1ccc(-c2ccc(C(=O)NO)s2)cc1)c1ccccc1. The number of nitrogens with zero attached hydrogens (tertiary/aromatic N) is 1. The summed E-state index contributed by atoms with van der Waals surface area (Å²) in [5, 5.41) is 11.3. The Morgan fingerprint density at radius 3 is 2.08 bits per heavy atom. The second-order valence-corrected chi connectivity index (χ2v) is 9.17. The van der Waals surface area contributed by atoms with Gasteiger partial charge in [0.1, 0.15) is 0 Å². The quantitative estimate of drug-likeness (QED) is 0.231. The third-order valence-electron chi connectivity index (χ3n) is 5.60. The highest BCUT2D eigenvalue weighted by atomic mass is 32.1. The highest BCUT2D eigenvalue weighted by Crippen LogP contribution is 2.28. The molecule has 0 unspecified atom stereocenters. The van der Waals surface area contributed by atoms with E-state index in [1.54, 1.807) is 40.7 Å². The van der Waals surface area contributed by atoms with Gasteiger partial charge in [-0.15, -0.1) is 11.3 Å². The number of urea groups is 1. The van der Waals surface area contributed by atoms with Crippen molar-refractivity contribution in [3.8, 4) is 10.4 Å². The molecule has 4 rings (SSSR count). The van der Waals surface area contributed by atoms with Crippen molar-refractivity contribution in [1.82, 2.24) is 15.7 Å². The predicted octanol–water partition coefficient (Wildman–Crippen LogP) is 5.13. The van der Waals surface area contributed by atoms with Gasteiger partial charge in [-0.25, -0.2) is 10.3 Å². The van der Waals surface area contributed by atoms with Crippen LogP contribution in [-0.4, -0.2) is 34.5 Å². The number of rotatable bonds is 8. The molecule has 0 saturated heterocycles. The standard InChI is InChI=1S/C28H25N3O4S/c32-26(23-9-5-2-6-10-23)29-28(34)31(18-17-20-7-3-1-4-8-20)19-21-11-13-22(14-12-21)24-15-16-25(36-24)27(33)30-35/h1-16,35H,17-19H2,(H,30,33)(H,29,32,34). The van der Waals surface area contributed by atoms with Crippen LogP contribution in [0.15, 0.2) is 97.1 Å². The lowest BCUT2D eigenvalue weighted by Crippen LogP contribution is -2.43. The lowest BCUT2D eigenvalue weighted by atomic mass is 10.1. The van der Waals surface area contributed by atoms with Crippen molar-refractivity contribution in [3.05, 3.63) is 119 Å². The van der Waals surface area contributed by atoms with E-state index in [0.717, 1.165) is 21.6 Å². The average Bonchev–Trinajstić information content (AvgIpc) is 3.42. The summed E-state index contributed by atoms with van der Waals surface area (Å²) < 4.78 is 0. The molecule has 1 heterocycles. The zero-order valence-electron chi connectivity index (χ0n) is 19.4. The van der Waals surface area contributed by atoms with Gasteiger partial charge in [0.25, 0.3) is 11.8 Å². The molecule has 0 bridgehead atoms. The minimum absolute atomic E-state index is 0.323. The first-order valence-electron chi connectivity index (χ1n) is 11.4. The molecular weight excluding hydrogens is 474 g/mol. The van der Waals surface area contributed by atoms with E-state index in [1.165, 1.54) is 11.3 Å². The number of carbonyl (C=O) groups excluding carboxylic acids is 3. The van der Waals surface area contributed by atoms with Crippen LogP contribution in [0.4, 0.5) is 4.79 Å². The van der Waals surface area contributed by atoms with E-state index in [4.69, 9.17) is 5.21 Å². The van der Waals surface area contributed by atoms with Gasteiger partial charge in [-0.3, -0.25) is 20.1 Å². The molecule has 4 aromatic rings. The lowest BCUT2D eigenvalue weighted by molar-refractivity contribution is 0.0711. The number of benzene rings is 3. The molecule has 0 aliphatic rings. The summed E-state index contributed by atoms with van der Waals surface area (Å²) in [6.45, 7) is 0.758. The topological polar surface area (TPSA) is 98.7 Å². The van der Waals surface area contributed by atoms with E-state index in [9.17, 15) is 14.4 Å². The largest absolute Gasteiger partial charge is 0.324 e. The van der Waals surface area contributed by atoms with Crippen LogP contribution in [0.2, 0.25) is 0 Å². The first-order chi connectivity index (χ1) is 17.5. The minimum Gasteiger partial charge on any atom is -0.320 e. The zero-order valence-corrected chi connectivity index (χ0v) is 20.2. The van der Waals surface area contributed by atoms with Crippen molar-refractivity contribution >= 4 is 29.2 Å². The van der Waals surface area contributed by atoms with Gasteiger partial charge in [0, 0.05) is 23.5 Å². The van der Waals surface area contributed by atoms with E-state index >= 15 is 0 Å². The number of thiophene rings is 1. The Labute approximate surface area is 213 Å². The molecule has 8 heteroatoms. The molecule has 182 valence electrons. The number of imide groups is 1. The van der Waals surface area contributed by atoms with E-state index in [-0.39, 0.29) is 0 Å². The van der Waals surface area contributed by atoms with Crippen LogP contribution in [0.1, 0.15) is 31.2 Å². The van der Waals surface area contributed by atoms with Gasteiger partial charge in [0.15, 0.2) is 0 Å². The molecular formula is C28H25N3O4S. The Morgan fingerprint density at radius 2 is 1.42 bits per heavy atom. The maximum Gasteiger partial charge on any atom is 0.324 e. The number of carbonyl (C=O) groups is 3. The molecule has 0 saturated carbocycles. The molecule has 0 aliphatic carbocycles. The molecule has 4 amide bonds. The molecule has 0 radical (unpaired) electrons. The molecule has 36 heavy (non-hydrogen) atoms. The normalized spacial score (nSPS) is 10.5. The summed E-state index contributed by atoms with van der Waals surface area (Å²) in [5.74, 6) is -0.992. The Hall–Kier alpha value is -4.27. The van der Waals surface area contributed by atoms with Gasteiger partial charge in [-0.05, 0) is 47.4 Å². The van der Waals surface area contributed by atoms with Crippen molar-refractivity contribution in [2.24, 2.45) is 0 Å². The van der Waals surface area contributed by atoms with Gasteiger partial charge >= 0.3 is 6.03 Å². The second kappa shape index (κ2) is 11.9. The summed E-state index contributed by atoms with van der Waals surface area (Å²) in [5.41, 5.74) is 4.98. The number of hydrogen-bond donors (Lipinski definition) is 3. The summed E-state index contributed by atoms with van der Waals surface area (Å²) >= 11 is 1.27. The monoisotopic (exact) mass is 499 g/mol. The van der Waals surface area contributed by atoms with E-state index in [1.807, 2.05) is 66.7 Å². The van der Waals surface area contributed by atoms with Crippen molar-refractivity contribution in [1.29, 1.82) is 0 Å². The molecule has 0 spiro atoms. The first-order valence-corrected chi connectivity index (χ1v) is 12.2. The molecule has 0 atom stereocenters. The third kappa shape index (κ3) is 6.44. The summed E-state index contributed by atoms with van der Waals surface area (Å²) in [6.07, 6.45) is 0.650. The van der Waals surface area contributed by atoms with Crippen LogP contribution in [0, 0.1) is 0 Å². The van der Waals surface area contributed by atoms with Crippen LogP contribution in [-0.2, 0) is 13.0 Å². The summed E-state index contributed by atoms with van der Waals surface area (Å²) in [6, 6.07) is 29.2. The van der Waals surface area contributed by atoms with Crippen molar-refractivity contribution in [3.63, 3.8) is 0 Å². The summed E-state index contributed by atoms with van der Waals surface area (Å²) in [4.78, 5) is 40.2.